The van der Waals surface area contributed by atoms with Gasteiger partial charge in [-0.05, 0) is 30.3 Å². The third-order valence-corrected chi connectivity index (χ3v) is 5.24. The largest absolute Gasteiger partial charge is 0.286 e. The van der Waals surface area contributed by atoms with Crippen LogP contribution < -0.4 is 4.90 Å². The van der Waals surface area contributed by atoms with E-state index >= 15 is 0 Å². The van der Waals surface area contributed by atoms with Crippen molar-refractivity contribution in [1.82, 2.24) is 10.2 Å². The highest BCUT2D eigenvalue weighted by molar-refractivity contribution is 9.10. The average molecular weight is 453 g/mol. The summed E-state index contributed by atoms with van der Waals surface area (Å²) < 4.78 is 1.87. The summed E-state index contributed by atoms with van der Waals surface area (Å²) in [5.74, 6) is -0.121. The smallest absolute Gasteiger partial charge is 0.259 e. The first-order valence-electron chi connectivity index (χ1n) is 6.67. The molecule has 7 heteroatoms. The highest BCUT2D eigenvalue weighted by Gasteiger charge is 2.18. The first kappa shape index (κ1) is 16.3. The molecule has 0 N–H and O–H groups in total. The molecule has 1 aromatic heterocycles. The van der Waals surface area contributed by atoms with Crippen LogP contribution in [0.5, 0.6) is 0 Å². The Kier molecular flexibility index (Phi) is 4.89. The van der Waals surface area contributed by atoms with Gasteiger partial charge in [-0.1, -0.05) is 61.4 Å². The number of hydrogen-bond donors (Lipinski definition) is 0. The molecule has 0 saturated heterocycles. The van der Waals surface area contributed by atoms with E-state index in [-0.39, 0.29) is 5.91 Å². The zero-order chi connectivity index (χ0) is 16.4. The first-order valence-corrected chi connectivity index (χ1v) is 9.08. The van der Waals surface area contributed by atoms with Gasteiger partial charge < -0.3 is 0 Å². The molecule has 0 radical (unpaired) electrons. The Hall–Kier alpha value is -1.57. The van der Waals surface area contributed by atoms with E-state index in [1.54, 1.807) is 19.2 Å². The van der Waals surface area contributed by atoms with Crippen molar-refractivity contribution in [3.8, 4) is 10.6 Å². The molecule has 3 aromatic rings. The van der Waals surface area contributed by atoms with Crippen molar-refractivity contribution in [3.05, 3.63) is 63.0 Å². The van der Waals surface area contributed by atoms with Gasteiger partial charge in [0.1, 0.15) is 5.01 Å². The van der Waals surface area contributed by atoms with Crippen molar-refractivity contribution in [2.24, 2.45) is 0 Å². The van der Waals surface area contributed by atoms with Crippen LogP contribution in [0.15, 0.2) is 57.5 Å². The zero-order valence-corrected chi connectivity index (χ0v) is 16.0. The average Bonchev–Trinajstić information content (AvgIpc) is 3.04. The van der Waals surface area contributed by atoms with E-state index in [0.29, 0.717) is 10.7 Å². The number of carbonyl (C=O) groups is 1. The lowest BCUT2D eigenvalue weighted by atomic mass is 10.2. The molecule has 116 valence electrons. The van der Waals surface area contributed by atoms with Crippen molar-refractivity contribution >= 4 is 54.2 Å². The molecule has 1 heterocycles. The SMILES string of the molecule is CN(C(=O)c1cccc(Br)c1)c1nnc(-c2ccc(Br)cc2)s1. The fourth-order valence-electron chi connectivity index (χ4n) is 1.96. The van der Waals surface area contributed by atoms with Crippen LogP contribution in [0.4, 0.5) is 5.13 Å². The molecule has 2 aromatic carbocycles. The predicted molar refractivity (Wildman–Crippen MR) is 99.9 cm³/mol. The van der Waals surface area contributed by atoms with Crippen LogP contribution in [-0.2, 0) is 0 Å². The van der Waals surface area contributed by atoms with Crippen LogP contribution in [0.3, 0.4) is 0 Å². The number of benzene rings is 2. The molecule has 0 spiro atoms. The lowest BCUT2D eigenvalue weighted by molar-refractivity contribution is 0.0993. The number of carbonyl (C=O) groups excluding carboxylic acids is 1. The summed E-state index contributed by atoms with van der Waals surface area (Å²) in [6, 6.07) is 15.1. The minimum Gasteiger partial charge on any atom is -0.286 e. The van der Waals surface area contributed by atoms with Gasteiger partial charge in [0, 0.05) is 27.1 Å². The monoisotopic (exact) mass is 451 g/mol. The van der Waals surface area contributed by atoms with E-state index in [1.807, 2.05) is 36.4 Å². The molecule has 0 atom stereocenters. The van der Waals surface area contributed by atoms with Gasteiger partial charge >= 0.3 is 0 Å². The lowest BCUT2D eigenvalue weighted by Crippen LogP contribution is -2.26. The number of halogens is 2. The molecule has 0 fully saturated rings. The van der Waals surface area contributed by atoms with Crippen molar-refractivity contribution in [1.29, 1.82) is 0 Å². The fraction of sp³-hybridized carbons (Fsp3) is 0.0625. The summed E-state index contributed by atoms with van der Waals surface area (Å²) >= 11 is 8.17. The Morgan fingerprint density at radius 1 is 1.04 bits per heavy atom. The second-order valence-electron chi connectivity index (χ2n) is 4.77. The summed E-state index contributed by atoms with van der Waals surface area (Å²) in [4.78, 5) is 14.0. The van der Waals surface area contributed by atoms with E-state index in [4.69, 9.17) is 0 Å². The van der Waals surface area contributed by atoms with E-state index in [9.17, 15) is 4.79 Å². The van der Waals surface area contributed by atoms with Gasteiger partial charge in [-0.15, -0.1) is 10.2 Å². The van der Waals surface area contributed by atoms with Crippen LogP contribution in [0.2, 0.25) is 0 Å². The number of anilines is 1. The van der Waals surface area contributed by atoms with Gasteiger partial charge in [0.05, 0.1) is 0 Å². The molecule has 0 unspecified atom stereocenters. The van der Waals surface area contributed by atoms with Gasteiger partial charge in [0.2, 0.25) is 5.13 Å². The lowest BCUT2D eigenvalue weighted by Gasteiger charge is -2.13. The first-order chi connectivity index (χ1) is 11.0. The van der Waals surface area contributed by atoms with Crippen LogP contribution in [-0.4, -0.2) is 23.2 Å². The quantitative estimate of drug-likeness (QED) is 0.561. The van der Waals surface area contributed by atoms with Crippen molar-refractivity contribution in [2.45, 2.75) is 0 Å². The van der Waals surface area contributed by atoms with Crippen LogP contribution >= 0.6 is 43.2 Å². The summed E-state index contributed by atoms with van der Waals surface area (Å²) in [7, 11) is 1.70. The number of amides is 1. The normalized spacial score (nSPS) is 10.6. The third kappa shape index (κ3) is 3.68. The minimum absolute atomic E-state index is 0.121. The third-order valence-electron chi connectivity index (χ3n) is 3.17. The van der Waals surface area contributed by atoms with Gasteiger partial charge in [-0.2, -0.15) is 0 Å². The molecule has 0 aliphatic heterocycles. The van der Waals surface area contributed by atoms with Crippen molar-refractivity contribution < 1.29 is 4.79 Å². The molecule has 1 amide bonds. The molecule has 0 bridgehead atoms. The number of aromatic nitrogens is 2. The van der Waals surface area contributed by atoms with Gasteiger partial charge in [-0.25, -0.2) is 0 Å². The Morgan fingerprint density at radius 2 is 1.78 bits per heavy atom. The minimum atomic E-state index is -0.121. The van der Waals surface area contributed by atoms with Crippen LogP contribution in [0.1, 0.15) is 10.4 Å². The summed E-state index contributed by atoms with van der Waals surface area (Å²) in [5, 5.41) is 9.66. The van der Waals surface area contributed by atoms with Gasteiger partial charge in [-0.3, -0.25) is 9.69 Å². The Balaban J connectivity index is 1.84. The molecule has 0 aliphatic rings. The van der Waals surface area contributed by atoms with E-state index < -0.39 is 0 Å². The van der Waals surface area contributed by atoms with Gasteiger partial charge in [0.25, 0.3) is 5.91 Å². The number of rotatable bonds is 3. The molecule has 23 heavy (non-hydrogen) atoms. The standard InChI is InChI=1S/C16H11Br2N3OS/c1-21(15(22)11-3-2-4-13(18)9-11)16-20-19-14(23-16)10-5-7-12(17)8-6-10/h2-9H,1H3. The summed E-state index contributed by atoms with van der Waals surface area (Å²) in [6.45, 7) is 0. The second kappa shape index (κ2) is 6.90. The summed E-state index contributed by atoms with van der Waals surface area (Å²) in [5.41, 5.74) is 1.57. The topological polar surface area (TPSA) is 46.1 Å². The fourth-order valence-corrected chi connectivity index (χ4v) is 3.44. The Morgan fingerprint density at radius 3 is 2.48 bits per heavy atom. The van der Waals surface area contributed by atoms with E-state index in [2.05, 4.69) is 42.1 Å². The molecule has 3 rings (SSSR count). The summed E-state index contributed by atoms with van der Waals surface area (Å²) in [6.07, 6.45) is 0. The van der Waals surface area contributed by atoms with Crippen molar-refractivity contribution in [3.63, 3.8) is 0 Å². The Labute approximate surface area is 154 Å². The maximum absolute atomic E-state index is 12.5. The maximum atomic E-state index is 12.5. The number of nitrogens with zero attached hydrogens (tertiary/aromatic N) is 3. The van der Waals surface area contributed by atoms with Gasteiger partial charge in [0.15, 0.2) is 0 Å². The zero-order valence-electron chi connectivity index (χ0n) is 12.0. The second-order valence-corrected chi connectivity index (χ2v) is 7.56. The van der Waals surface area contributed by atoms with Crippen LogP contribution in [0.25, 0.3) is 10.6 Å². The number of hydrogen-bond acceptors (Lipinski definition) is 4. The highest BCUT2D eigenvalue weighted by Crippen LogP contribution is 2.29. The molecule has 4 nitrogen and oxygen atoms in total. The maximum Gasteiger partial charge on any atom is 0.259 e. The Bertz CT molecular complexity index is 849. The van der Waals surface area contributed by atoms with Crippen LogP contribution in [0, 0.1) is 0 Å². The highest BCUT2D eigenvalue weighted by atomic mass is 79.9. The predicted octanol–water partition coefficient (Wildman–Crippen LogP) is 5.01. The molecule has 0 saturated carbocycles. The van der Waals surface area contributed by atoms with E-state index in [0.717, 1.165) is 19.5 Å². The van der Waals surface area contributed by atoms with E-state index in [1.165, 1.54) is 16.2 Å². The molecular weight excluding hydrogens is 442 g/mol. The molecule has 0 aliphatic carbocycles. The van der Waals surface area contributed by atoms with Crippen molar-refractivity contribution in [2.75, 3.05) is 11.9 Å². The molecular formula is C16H11Br2N3OS.